The molecular formula is C43H75NO8S3. The molecule has 2 unspecified atom stereocenters. The lowest BCUT2D eigenvalue weighted by Gasteiger charge is -2.17. The van der Waals surface area contributed by atoms with E-state index in [1.807, 2.05) is 122 Å². The number of rotatable bonds is 15. The fourth-order valence-corrected chi connectivity index (χ4v) is 6.07. The van der Waals surface area contributed by atoms with Gasteiger partial charge in [-0.2, -0.15) is 11.8 Å². The Morgan fingerprint density at radius 3 is 1.84 bits per heavy atom. The number of carboxylic acids is 1. The fraction of sp³-hybridized carbons (Fsp3) is 0.581. The van der Waals surface area contributed by atoms with Gasteiger partial charge in [0.15, 0.2) is 0 Å². The van der Waals surface area contributed by atoms with E-state index in [-0.39, 0.29) is 12.2 Å². The summed E-state index contributed by atoms with van der Waals surface area (Å²) in [4.78, 5) is 24.3. The number of carboxylic acid groups (broad SMARTS) is 1. The van der Waals surface area contributed by atoms with Crippen LogP contribution in [0.15, 0.2) is 66.3 Å². The lowest BCUT2D eigenvalue weighted by Crippen LogP contribution is -2.42. The van der Waals surface area contributed by atoms with Crippen molar-refractivity contribution in [1.29, 1.82) is 0 Å². The maximum atomic E-state index is 12.9. The van der Waals surface area contributed by atoms with E-state index < -0.39 is 37.6 Å². The number of benzene rings is 2. The van der Waals surface area contributed by atoms with E-state index in [4.69, 9.17) is 4.74 Å². The molecule has 0 spiro atoms. The number of thioether (sulfide) groups is 1. The highest BCUT2D eigenvalue weighted by Crippen LogP contribution is 2.28. The predicted molar refractivity (Wildman–Crippen MR) is 240 cm³/mol. The van der Waals surface area contributed by atoms with Crippen LogP contribution < -0.4 is 5.32 Å². The summed E-state index contributed by atoms with van der Waals surface area (Å²) < 4.78 is 46.9. The van der Waals surface area contributed by atoms with Crippen molar-refractivity contribution in [3.05, 3.63) is 83.0 Å². The van der Waals surface area contributed by atoms with Gasteiger partial charge in [0.2, 0.25) is 0 Å². The minimum absolute atomic E-state index is 0.188. The van der Waals surface area contributed by atoms with Crippen LogP contribution >= 0.6 is 11.8 Å². The van der Waals surface area contributed by atoms with Crippen LogP contribution in [0, 0.1) is 12.8 Å². The van der Waals surface area contributed by atoms with Crippen LogP contribution in [0.2, 0.25) is 0 Å². The van der Waals surface area contributed by atoms with Crippen molar-refractivity contribution in [2.45, 2.75) is 113 Å². The lowest BCUT2D eigenvalue weighted by molar-refractivity contribution is -0.139. The van der Waals surface area contributed by atoms with Crippen LogP contribution in [-0.4, -0.2) is 89.6 Å². The van der Waals surface area contributed by atoms with Gasteiger partial charge in [-0.3, -0.25) is 4.79 Å². The number of sulfone groups is 2. The molecule has 2 atom stereocenters. The molecule has 0 radical (unpaired) electrons. The molecule has 2 N–H and O–H groups in total. The number of carbonyl (C=O) groups excluding carboxylic acids is 1. The van der Waals surface area contributed by atoms with Gasteiger partial charge < -0.3 is 15.2 Å². The Balaban J connectivity index is -0.000000393. The topological polar surface area (TPSA) is 144 Å². The quantitative estimate of drug-likeness (QED) is 0.168. The summed E-state index contributed by atoms with van der Waals surface area (Å²) in [5.74, 6) is -1.26. The summed E-state index contributed by atoms with van der Waals surface area (Å²) in [6, 6.07) is 11.8. The summed E-state index contributed by atoms with van der Waals surface area (Å²) in [5, 5.41) is 12.7. The molecule has 0 saturated carbocycles. The average molecular weight is 830 g/mol. The fourth-order valence-electron chi connectivity index (χ4n) is 4.50. The minimum atomic E-state index is -3.33. The Hall–Kier alpha value is -2.93. The van der Waals surface area contributed by atoms with Crippen molar-refractivity contribution in [3.63, 3.8) is 0 Å². The number of aryl methyl sites for hydroxylation is 2. The maximum absolute atomic E-state index is 12.9. The zero-order valence-electron chi connectivity index (χ0n) is 36.8. The zero-order valence-corrected chi connectivity index (χ0v) is 39.2. The van der Waals surface area contributed by atoms with Gasteiger partial charge in [-0.15, -0.1) is 0 Å². The van der Waals surface area contributed by atoms with E-state index in [0.29, 0.717) is 12.2 Å². The standard InChI is InChI=1S/C21H25NO5S.C8H14O.C8H18S.C2H6O2S.2C2H6/c1-4-15-9-10-17(18(13-15)16-8-6-5-7-14(16)2)20(23)22-19(21(24)25)11-12-28(3,26)27;1-4-6-8(5-2)7-9-3;1-5-8(9-4)6-7(2)3;1-5(2,3)4;2*1-2/h5-10,13,19H,4,11-12H2,1-3H3,(H,22,23)(H,24,25);4-6H,7H2,1-3H3;7-8H,5-6H2,1-4H3;1-2H3;2*1-2H3/b;6-4-,8-5+;;;;. The third kappa shape index (κ3) is 33.0. The largest absolute Gasteiger partial charge is 0.480 e. The number of carbonyl (C=O) groups is 2. The number of methoxy groups -OCH3 is 1. The second kappa shape index (κ2) is 34.3. The van der Waals surface area contributed by atoms with Crippen LogP contribution in [0.25, 0.3) is 11.1 Å². The molecule has 0 aliphatic carbocycles. The molecule has 0 bridgehead atoms. The average Bonchev–Trinajstić information content (AvgIpc) is 3.13. The number of amides is 1. The normalized spacial score (nSPS) is 12.1. The summed E-state index contributed by atoms with van der Waals surface area (Å²) >= 11 is 2.00. The molecule has 0 fully saturated rings. The Kier molecular flexibility index (Phi) is 36.7. The third-order valence-electron chi connectivity index (χ3n) is 7.14. The zero-order chi connectivity index (χ0) is 43.8. The highest BCUT2D eigenvalue weighted by molar-refractivity contribution is 7.99. The molecule has 2 rings (SSSR count). The third-order valence-corrected chi connectivity index (χ3v) is 9.31. The molecule has 318 valence electrons. The van der Waals surface area contributed by atoms with Crippen molar-refractivity contribution >= 4 is 43.3 Å². The van der Waals surface area contributed by atoms with E-state index in [9.17, 15) is 31.5 Å². The number of ether oxygens (including phenoxy) is 1. The number of aliphatic carboxylic acids is 1. The van der Waals surface area contributed by atoms with Gasteiger partial charge in [0.25, 0.3) is 5.91 Å². The van der Waals surface area contributed by atoms with Gasteiger partial charge in [0, 0.05) is 36.7 Å². The van der Waals surface area contributed by atoms with Crippen LogP contribution in [0.3, 0.4) is 0 Å². The summed E-state index contributed by atoms with van der Waals surface area (Å²) in [6.45, 7) is 23.5. The van der Waals surface area contributed by atoms with E-state index in [2.05, 4.69) is 32.3 Å². The molecule has 55 heavy (non-hydrogen) atoms. The van der Waals surface area contributed by atoms with Crippen LogP contribution in [0.1, 0.15) is 110 Å². The first kappa shape index (κ1) is 58.8. The molecule has 0 aliphatic rings. The molecule has 9 nitrogen and oxygen atoms in total. The van der Waals surface area contributed by atoms with E-state index >= 15 is 0 Å². The van der Waals surface area contributed by atoms with E-state index in [1.165, 1.54) is 18.4 Å². The number of hydrogen-bond donors (Lipinski definition) is 2. The molecule has 0 heterocycles. The van der Waals surface area contributed by atoms with Gasteiger partial charge in [-0.1, -0.05) is 110 Å². The van der Waals surface area contributed by atoms with E-state index in [0.717, 1.165) is 58.6 Å². The second-order valence-electron chi connectivity index (χ2n) is 12.7. The number of hydrogen-bond acceptors (Lipinski definition) is 8. The first-order chi connectivity index (χ1) is 25.7. The highest BCUT2D eigenvalue weighted by Gasteiger charge is 2.24. The molecule has 0 saturated heterocycles. The molecule has 12 heteroatoms. The van der Waals surface area contributed by atoms with Crippen LogP contribution in [0.5, 0.6) is 0 Å². The smallest absolute Gasteiger partial charge is 0.326 e. The SMILES string of the molecule is C/C=C\C(=C/C)COC.CC.CC.CCC(CC(C)C)SC.CCc1ccc(C(=O)NC(CCS(C)(=O)=O)C(=O)O)c(-c2ccccc2C)c1.CS(C)(=O)=O. The van der Waals surface area contributed by atoms with Gasteiger partial charge >= 0.3 is 5.97 Å². The van der Waals surface area contributed by atoms with Gasteiger partial charge in [-0.05, 0) is 92.5 Å². The molecule has 2 aromatic rings. The van der Waals surface area contributed by atoms with Gasteiger partial charge in [-0.25, -0.2) is 21.6 Å². The lowest BCUT2D eigenvalue weighted by atomic mass is 9.93. The van der Waals surface area contributed by atoms with Gasteiger partial charge in [0.1, 0.15) is 25.7 Å². The Labute approximate surface area is 341 Å². The van der Waals surface area contributed by atoms with Crippen molar-refractivity contribution in [1.82, 2.24) is 5.32 Å². The summed E-state index contributed by atoms with van der Waals surface area (Å²) in [7, 11) is -4.30. The maximum Gasteiger partial charge on any atom is 0.326 e. The molecule has 0 aliphatic heterocycles. The monoisotopic (exact) mass is 829 g/mol. The molecule has 1 amide bonds. The Morgan fingerprint density at radius 1 is 0.927 bits per heavy atom. The Morgan fingerprint density at radius 2 is 1.47 bits per heavy atom. The van der Waals surface area contributed by atoms with Gasteiger partial charge in [0.05, 0.1) is 12.4 Å². The predicted octanol–water partition coefficient (Wildman–Crippen LogP) is 9.88. The summed E-state index contributed by atoms with van der Waals surface area (Å²) in [6.07, 6.45) is 15.0. The molecular weight excluding hydrogens is 755 g/mol. The van der Waals surface area contributed by atoms with Crippen molar-refractivity contribution in [2.24, 2.45) is 5.92 Å². The first-order valence-corrected chi connectivity index (χ1v) is 24.7. The number of allylic oxidation sites excluding steroid dienone is 2. The van der Waals surface area contributed by atoms with E-state index in [1.54, 1.807) is 13.2 Å². The van der Waals surface area contributed by atoms with Crippen LogP contribution in [0.4, 0.5) is 0 Å². The number of nitrogens with one attached hydrogen (secondary N) is 1. The molecule has 2 aromatic carbocycles. The van der Waals surface area contributed by atoms with Crippen molar-refractivity contribution in [2.75, 3.05) is 44.5 Å². The highest BCUT2D eigenvalue weighted by atomic mass is 32.2. The first-order valence-electron chi connectivity index (χ1n) is 19.0. The Bertz CT molecular complexity index is 1590. The summed E-state index contributed by atoms with van der Waals surface area (Å²) in [5.41, 5.74) is 5.25. The van der Waals surface area contributed by atoms with Crippen molar-refractivity contribution in [3.8, 4) is 11.1 Å². The van der Waals surface area contributed by atoms with Crippen molar-refractivity contribution < 1.29 is 36.3 Å². The van der Waals surface area contributed by atoms with Crippen LogP contribution in [-0.2, 0) is 35.6 Å². The second-order valence-corrected chi connectivity index (χ2v) is 18.4. The minimum Gasteiger partial charge on any atom is -0.480 e. The molecule has 0 aromatic heterocycles.